The molecule has 1 saturated heterocycles. The van der Waals surface area contributed by atoms with E-state index in [1.54, 1.807) is 4.68 Å². The number of ether oxygens (including phenoxy) is 1. The molecule has 1 fully saturated rings. The highest BCUT2D eigenvalue weighted by Crippen LogP contribution is 2.28. The zero-order valence-electron chi connectivity index (χ0n) is 22.1. The predicted molar refractivity (Wildman–Crippen MR) is 142 cm³/mol. The minimum atomic E-state index is -0.218. The molecule has 8 heteroatoms. The third kappa shape index (κ3) is 5.53. The van der Waals surface area contributed by atoms with E-state index in [-0.39, 0.29) is 11.0 Å². The number of aromatic amines is 1. The van der Waals surface area contributed by atoms with Crippen LogP contribution in [-0.2, 0) is 23.7 Å². The maximum Gasteiger partial charge on any atom is 0.278 e. The second-order valence-corrected chi connectivity index (χ2v) is 10.6. The molecule has 8 nitrogen and oxygen atoms in total. The standard InChI is InChI=1S/C27H40N6O2/c1-7-19(8-2)17-33(18-20-10-9-11-21(16-20)32-12-14-35-15-13-32)26-28-22-23(25(34)29-26)31(6)30-24(22)27(3,4)5/h9-11,16,19H,7-8,12-15,17-18H2,1-6H3,(H,28,29,34). The van der Waals surface area contributed by atoms with Gasteiger partial charge < -0.3 is 14.5 Å². The van der Waals surface area contributed by atoms with Gasteiger partial charge in [0.25, 0.3) is 5.56 Å². The van der Waals surface area contributed by atoms with Crippen LogP contribution >= 0.6 is 0 Å². The number of fused-ring (bicyclic) bond motifs is 1. The van der Waals surface area contributed by atoms with Crippen LogP contribution in [0.5, 0.6) is 0 Å². The maximum absolute atomic E-state index is 13.2. The van der Waals surface area contributed by atoms with Gasteiger partial charge >= 0.3 is 0 Å². The first-order valence-electron chi connectivity index (χ1n) is 12.8. The highest BCUT2D eigenvalue weighted by molar-refractivity contribution is 5.79. The molecule has 0 radical (unpaired) electrons. The normalized spacial score (nSPS) is 14.8. The van der Waals surface area contributed by atoms with Crippen molar-refractivity contribution in [1.82, 2.24) is 19.7 Å². The number of nitrogens with one attached hydrogen (secondary N) is 1. The SMILES string of the molecule is CCC(CC)CN(Cc1cccc(N2CCOCC2)c1)c1nc2c(C(C)(C)C)nn(C)c2c(=O)[nH]1. The van der Waals surface area contributed by atoms with Crippen LogP contribution in [0.4, 0.5) is 11.6 Å². The van der Waals surface area contributed by atoms with Gasteiger partial charge in [-0.15, -0.1) is 0 Å². The van der Waals surface area contributed by atoms with Gasteiger partial charge in [-0.1, -0.05) is 59.6 Å². The summed E-state index contributed by atoms with van der Waals surface area (Å²) < 4.78 is 7.18. The van der Waals surface area contributed by atoms with E-state index in [4.69, 9.17) is 9.72 Å². The predicted octanol–water partition coefficient (Wildman–Crippen LogP) is 4.23. The molecule has 1 aliphatic heterocycles. The van der Waals surface area contributed by atoms with Gasteiger partial charge in [0.2, 0.25) is 5.95 Å². The molecule has 0 spiro atoms. The second kappa shape index (κ2) is 10.4. The summed E-state index contributed by atoms with van der Waals surface area (Å²) >= 11 is 0. The molecule has 0 saturated carbocycles. The van der Waals surface area contributed by atoms with Crippen LogP contribution < -0.4 is 15.4 Å². The third-order valence-electron chi connectivity index (χ3n) is 6.98. The molecule has 3 heterocycles. The van der Waals surface area contributed by atoms with Crippen molar-refractivity contribution >= 4 is 22.7 Å². The van der Waals surface area contributed by atoms with Crippen molar-refractivity contribution in [3.8, 4) is 0 Å². The molecule has 0 atom stereocenters. The number of nitrogens with zero attached hydrogens (tertiary/aromatic N) is 5. The lowest BCUT2D eigenvalue weighted by atomic mass is 9.91. The van der Waals surface area contributed by atoms with E-state index in [2.05, 4.69) is 78.8 Å². The minimum Gasteiger partial charge on any atom is -0.378 e. The van der Waals surface area contributed by atoms with E-state index >= 15 is 0 Å². The van der Waals surface area contributed by atoms with Crippen LogP contribution in [0.3, 0.4) is 0 Å². The highest BCUT2D eigenvalue weighted by atomic mass is 16.5. The molecule has 4 rings (SSSR count). The number of hydrogen-bond acceptors (Lipinski definition) is 6. The molecule has 1 aliphatic rings. The molecule has 1 aromatic carbocycles. The number of morpholine rings is 1. The number of hydrogen-bond donors (Lipinski definition) is 1. The molecule has 0 aliphatic carbocycles. The summed E-state index contributed by atoms with van der Waals surface area (Å²) in [6, 6.07) is 8.70. The maximum atomic E-state index is 13.2. The van der Waals surface area contributed by atoms with E-state index in [1.165, 1.54) is 11.3 Å². The fraction of sp³-hybridized carbons (Fsp3) is 0.593. The van der Waals surface area contributed by atoms with Crippen molar-refractivity contribution in [1.29, 1.82) is 0 Å². The first-order valence-corrected chi connectivity index (χ1v) is 12.8. The quantitative estimate of drug-likeness (QED) is 0.520. The molecule has 1 N–H and O–H groups in total. The lowest BCUT2D eigenvalue weighted by Crippen LogP contribution is -2.36. The fourth-order valence-corrected chi connectivity index (χ4v) is 4.80. The largest absolute Gasteiger partial charge is 0.378 e. The van der Waals surface area contributed by atoms with E-state index in [0.29, 0.717) is 29.4 Å². The molecular weight excluding hydrogens is 440 g/mol. The smallest absolute Gasteiger partial charge is 0.278 e. The number of rotatable bonds is 8. The summed E-state index contributed by atoms with van der Waals surface area (Å²) in [6.07, 6.45) is 2.15. The molecule has 35 heavy (non-hydrogen) atoms. The van der Waals surface area contributed by atoms with Gasteiger partial charge in [0.05, 0.1) is 18.9 Å². The van der Waals surface area contributed by atoms with Crippen LogP contribution in [0.25, 0.3) is 11.0 Å². The Hall–Kier alpha value is -2.87. The van der Waals surface area contributed by atoms with Crippen molar-refractivity contribution in [2.75, 3.05) is 42.6 Å². The summed E-state index contributed by atoms with van der Waals surface area (Å²) in [5.74, 6) is 1.12. The average molecular weight is 481 g/mol. The Morgan fingerprint density at radius 2 is 1.89 bits per heavy atom. The first kappa shape index (κ1) is 25.2. The monoisotopic (exact) mass is 480 g/mol. The number of aryl methyl sites for hydroxylation is 1. The van der Waals surface area contributed by atoms with Crippen molar-refractivity contribution in [3.05, 3.63) is 45.9 Å². The van der Waals surface area contributed by atoms with Crippen LogP contribution in [0.2, 0.25) is 0 Å². The van der Waals surface area contributed by atoms with Crippen LogP contribution in [0, 0.1) is 5.92 Å². The van der Waals surface area contributed by atoms with Gasteiger partial charge in [-0.25, -0.2) is 4.98 Å². The Kier molecular flexibility index (Phi) is 7.50. The van der Waals surface area contributed by atoms with Crippen molar-refractivity contribution in [3.63, 3.8) is 0 Å². The first-order chi connectivity index (χ1) is 16.7. The van der Waals surface area contributed by atoms with Gasteiger partial charge in [0.1, 0.15) is 5.52 Å². The third-order valence-corrected chi connectivity index (χ3v) is 6.98. The number of aromatic nitrogens is 4. The van der Waals surface area contributed by atoms with Crippen molar-refractivity contribution < 1.29 is 4.74 Å². The van der Waals surface area contributed by atoms with E-state index in [0.717, 1.165) is 51.4 Å². The topological polar surface area (TPSA) is 79.3 Å². The van der Waals surface area contributed by atoms with Gasteiger partial charge in [0, 0.05) is 44.3 Å². The Bertz CT molecular complexity index is 1200. The Balaban J connectivity index is 1.74. The number of H-pyrrole nitrogens is 1. The van der Waals surface area contributed by atoms with Crippen molar-refractivity contribution in [2.24, 2.45) is 13.0 Å². The second-order valence-electron chi connectivity index (χ2n) is 10.6. The summed E-state index contributed by atoms with van der Waals surface area (Å²) in [5, 5.41) is 4.66. The summed E-state index contributed by atoms with van der Waals surface area (Å²) in [4.78, 5) is 25.9. The summed E-state index contributed by atoms with van der Waals surface area (Å²) in [7, 11) is 1.81. The Labute approximate surface area is 208 Å². The van der Waals surface area contributed by atoms with Crippen LogP contribution in [0.15, 0.2) is 29.1 Å². The Morgan fingerprint density at radius 1 is 1.17 bits per heavy atom. The molecule has 2 aromatic heterocycles. The Morgan fingerprint density at radius 3 is 2.54 bits per heavy atom. The lowest BCUT2D eigenvalue weighted by Gasteiger charge is -2.30. The summed E-state index contributed by atoms with van der Waals surface area (Å²) in [6.45, 7) is 15.6. The fourth-order valence-electron chi connectivity index (χ4n) is 4.80. The summed E-state index contributed by atoms with van der Waals surface area (Å²) in [5.41, 5.74) is 4.11. The van der Waals surface area contributed by atoms with E-state index < -0.39 is 0 Å². The van der Waals surface area contributed by atoms with Gasteiger partial charge in [-0.05, 0) is 23.6 Å². The molecular formula is C27H40N6O2. The van der Waals surface area contributed by atoms with Gasteiger partial charge in [-0.3, -0.25) is 14.5 Å². The minimum absolute atomic E-state index is 0.146. The molecule has 190 valence electrons. The molecule has 0 bridgehead atoms. The van der Waals surface area contributed by atoms with Crippen LogP contribution in [-0.4, -0.2) is 52.6 Å². The molecule has 0 unspecified atom stereocenters. The molecule has 3 aromatic rings. The van der Waals surface area contributed by atoms with Crippen molar-refractivity contribution in [2.45, 2.75) is 59.4 Å². The number of anilines is 2. The molecule has 0 amide bonds. The van der Waals surface area contributed by atoms with Crippen LogP contribution in [0.1, 0.15) is 58.7 Å². The van der Waals surface area contributed by atoms with Gasteiger partial charge in [0.15, 0.2) is 5.52 Å². The zero-order chi connectivity index (χ0) is 25.2. The number of benzene rings is 1. The highest BCUT2D eigenvalue weighted by Gasteiger charge is 2.26. The zero-order valence-corrected chi connectivity index (χ0v) is 22.1. The van der Waals surface area contributed by atoms with E-state index in [9.17, 15) is 4.79 Å². The van der Waals surface area contributed by atoms with Gasteiger partial charge in [-0.2, -0.15) is 5.10 Å². The lowest BCUT2D eigenvalue weighted by molar-refractivity contribution is 0.122. The average Bonchev–Trinajstić information content (AvgIpc) is 3.20. The van der Waals surface area contributed by atoms with E-state index in [1.807, 2.05) is 7.05 Å².